The van der Waals surface area contributed by atoms with Gasteiger partial charge < -0.3 is 9.47 Å². The Bertz CT molecular complexity index is 882. The maximum atomic E-state index is 13.3. The van der Waals surface area contributed by atoms with Gasteiger partial charge in [-0.05, 0) is 42.0 Å². The molecule has 0 fully saturated rings. The van der Waals surface area contributed by atoms with Gasteiger partial charge in [0.05, 0.1) is 19.0 Å². The average Bonchev–Trinajstić information content (AvgIpc) is 2.67. The summed E-state index contributed by atoms with van der Waals surface area (Å²) in [6.07, 6.45) is 1.66. The standard InChI is InChI=1S/C21H19FN2O2/c1-25-20-12-6-8-17(14-23-24-19-10-3-2-4-11-19)21(20)26-15-16-7-5-9-18(22)13-16/h2-14,24H,15H2,1H3. The first-order valence-electron chi connectivity index (χ1n) is 8.14. The minimum atomic E-state index is -0.292. The van der Waals surface area contributed by atoms with Gasteiger partial charge >= 0.3 is 0 Å². The lowest BCUT2D eigenvalue weighted by molar-refractivity contribution is 0.283. The molecule has 0 atom stereocenters. The van der Waals surface area contributed by atoms with Gasteiger partial charge in [0.25, 0.3) is 0 Å². The minimum absolute atomic E-state index is 0.227. The number of nitrogens with zero attached hydrogens (tertiary/aromatic N) is 1. The van der Waals surface area contributed by atoms with Crippen molar-refractivity contribution < 1.29 is 13.9 Å². The molecule has 3 aromatic carbocycles. The summed E-state index contributed by atoms with van der Waals surface area (Å²) in [5.41, 5.74) is 5.34. The van der Waals surface area contributed by atoms with E-state index in [0.717, 1.165) is 16.8 Å². The van der Waals surface area contributed by atoms with Crippen LogP contribution in [0.5, 0.6) is 11.5 Å². The zero-order valence-corrected chi connectivity index (χ0v) is 14.4. The zero-order valence-electron chi connectivity index (χ0n) is 14.4. The van der Waals surface area contributed by atoms with Crippen molar-refractivity contribution >= 4 is 11.9 Å². The van der Waals surface area contributed by atoms with Gasteiger partial charge in [0.15, 0.2) is 11.5 Å². The Labute approximate surface area is 151 Å². The van der Waals surface area contributed by atoms with Gasteiger partial charge in [0.1, 0.15) is 12.4 Å². The first-order valence-corrected chi connectivity index (χ1v) is 8.14. The second-order valence-corrected chi connectivity index (χ2v) is 5.53. The quantitative estimate of drug-likeness (QED) is 0.489. The number of nitrogens with one attached hydrogen (secondary N) is 1. The zero-order chi connectivity index (χ0) is 18.2. The van der Waals surface area contributed by atoms with Crippen molar-refractivity contribution in [3.05, 3.63) is 89.7 Å². The van der Waals surface area contributed by atoms with Crippen molar-refractivity contribution in [2.24, 2.45) is 5.10 Å². The van der Waals surface area contributed by atoms with Crippen LogP contribution in [0.25, 0.3) is 0 Å². The van der Waals surface area contributed by atoms with Gasteiger partial charge in [0.2, 0.25) is 0 Å². The summed E-state index contributed by atoms with van der Waals surface area (Å²) in [6.45, 7) is 0.227. The summed E-state index contributed by atoms with van der Waals surface area (Å²) in [6, 6.07) is 21.5. The second-order valence-electron chi connectivity index (χ2n) is 5.53. The number of para-hydroxylation sites is 2. The van der Waals surface area contributed by atoms with Gasteiger partial charge in [-0.3, -0.25) is 5.43 Å². The smallest absolute Gasteiger partial charge is 0.170 e. The predicted molar refractivity (Wildman–Crippen MR) is 101 cm³/mol. The highest BCUT2D eigenvalue weighted by molar-refractivity contribution is 5.85. The highest BCUT2D eigenvalue weighted by Crippen LogP contribution is 2.31. The number of anilines is 1. The Kier molecular flexibility index (Phi) is 5.83. The lowest BCUT2D eigenvalue weighted by Crippen LogP contribution is -2.02. The fourth-order valence-corrected chi connectivity index (χ4v) is 2.42. The molecule has 0 saturated carbocycles. The number of ether oxygens (including phenoxy) is 2. The maximum Gasteiger partial charge on any atom is 0.170 e. The SMILES string of the molecule is COc1cccc(C=NNc2ccccc2)c1OCc1cccc(F)c1. The van der Waals surface area contributed by atoms with Crippen molar-refractivity contribution in [1.29, 1.82) is 0 Å². The van der Waals surface area contributed by atoms with Crippen molar-refractivity contribution in [2.45, 2.75) is 6.61 Å². The van der Waals surface area contributed by atoms with Crippen LogP contribution in [0.3, 0.4) is 0 Å². The van der Waals surface area contributed by atoms with E-state index in [-0.39, 0.29) is 12.4 Å². The molecule has 0 amide bonds. The van der Waals surface area contributed by atoms with Crippen molar-refractivity contribution in [2.75, 3.05) is 12.5 Å². The van der Waals surface area contributed by atoms with Gasteiger partial charge in [-0.15, -0.1) is 0 Å². The van der Waals surface area contributed by atoms with E-state index >= 15 is 0 Å². The monoisotopic (exact) mass is 350 g/mol. The first-order chi connectivity index (χ1) is 12.8. The average molecular weight is 350 g/mol. The Hall–Kier alpha value is -3.34. The molecule has 0 spiro atoms. The number of benzene rings is 3. The Morgan fingerprint density at radius 3 is 2.58 bits per heavy atom. The number of hydrogen-bond acceptors (Lipinski definition) is 4. The Morgan fingerprint density at radius 2 is 1.81 bits per heavy atom. The molecule has 132 valence electrons. The van der Waals surface area contributed by atoms with Crippen LogP contribution >= 0.6 is 0 Å². The molecule has 3 aromatic rings. The molecule has 0 heterocycles. The summed E-state index contributed by atoms with van der Waals surface area (Å²) in [5.74, 6) is 0.850. The topological polar surface area (TPSA) is 42.8 Å². The molecular formula is C21H19FN2O2. The van der Waals surface area contributed by atoms with Crippen molar-refractivity contribution in [3.8, 4) is 11.5 Å². The fraction of sp³-hybridized carbons (Fsp3) is 0.0952. The molecule has 3 rings (SSSR count). The molecule has 0 bridgehead atoms. The molecule has 0 aliphatic carbocycles. The lowest BCUT2D eigenvalue weighted by Gasteiger charge is -2.13. The Balaban J connectivity index is 1.77. The summed E-state index contributed by atoms with van der Waals surface area (Å²) < 4.78 is 24.6. The summed E-state index contributed by atoms with van der Waals surface area (Å²) in [5, 5.41) is 4.25. The largest absolute Gasteiger partial charge is 0.493 e. The minimum Gasteiger partial charge on any atom is -0.493 e. The van der Waals surface area contributed by atoms with E-state index in [0.29, 0.717) is 11.5 Å². The van der Waals surface area contributed by atoms with Crippen LogP contribution in [-0.4, -0.2) is 13.3 Å². The molecule has 0 unspecified atom stereocenters. The summed E-state index contributed by atoms with van der Waals surface area (Å²) in [7, 11) is 1.58. The van der Waals surface area contributed by atoms with Crippen LogP contribution < -0.4 is 14.9 Å². The second kappa shape index (κ2) is 8.67. The molecule has 4 nitrogen and oxygen atoms in total. The van der Waals surface area contributed by atoms with Crippen LogP contribution in [-0.2, 0) is 6.61 Å². The van der Waals surface area contributed by atoms with Crippen molar-refractivity contribution in [3.63, 3.8) is 0 Å². The molecule has 0 aliphatic heterocycles. The third-order valence-electron chi connectivity index (χ3n) is 3.67. The number of halogens is 1. The summed E-state index contributed by atoms with van der Waals surface area (Å²) in [4.78, 5) is 0. The van der Waals surface area contributed by atoms with Gasteiger partial charge in [0, 0.05) is 5.56 Å². The van der Waals surface area contributed by atoms with Crippen LogP contribution in [0.2, 0.25) is 0 Å². The van der Waals surface area contributed by atoms with Gasteiger partial charge in [-0.1, -0.05) is 36.4 Å². The van der Waals surface area contributed by atoms with E-state index in [1.165, 1.54) is 12.1 Å². The molecule has 1 N–H and O–H groups in total. The number of methoxy groups -OCH3 is 1. The molecule has 0 radical (unpaired) electrons. The van der Waals surface area contributed by atoms with Crippen LogP contribution in [0, 0.1) is 5.82 Å². The Morgan fingerprint density at radius 1 is 1.00 bits per heavy atom. The van der Waals surface area contributed by atoms with E-state index < -0.39 is 0 Å². The van der Waals surface area contributed by atoms with E-state index in [1.54, 1.807) is 19.4 Å². The third-order valence-corrected chi connectivity index (χ3v) is 3.67. The number of hydrazone groups is 1. The molecule has 26 heavy (non-hydrogen) atoms. The molecular weight excluding hydrogens is 331 g/mol. The molecule has 5 heteroatoms. The van der Waals surface area contributed by atoms with E-state index in [1.807, 2.05) is 54.6 Å². The molecule has 0 saturated heterocycles. The number of rotatable bonds is 7. The normalized spacial score (nSPS) is 10.7. The van der Waals surface area contributed by atoms with E-state index in [4.69, 9.17) is 9.47 Å². The van der Waals surface area contributed by atoms with Gasteiger partial charge in [-0.2, -0.15) is 5.10 Å². The molecule has 0 aliphatic rings. The summed E-state index contributed by atoms with van der Waals surface area (Å²) >= 11 is 0. The third kappa shape index (κ3) is 4.60. The predicted octanol–water partition coefficient (Wildman–Crippen LogP) is 4.86. The fourth-order valence-electron chi connectivity index (χ4n) is 2.42. The maximum absolute atomic E-state index is 13.3. The van der Waals surface area contributed by atoms with Crippen LogP contribution in [0.1, 0.15) is 11.1 Å². The van der Waals surface area contributed by atoms with Crippen LogP contribution in [0.4, 0.5) is 10.1 Å². The number of hydrogen-bond donors (Lipinski definition) is 1. The van der Waals surface area contributed by atoms with E-state index in [2.05, 4.69) is 10.5 Å². The van der Waals surface area contributed by atoms with Crippen molar-refractivity contribution in [1.82, 2.24) is 0 Å². The molecule has 0 aromatic heterocycles. The van der Waals surface area contributed by atoms with Crippen LogP contribution in [0.15, 0.2) is 77.9 Å². The van der Waals surface area contributed by atoms with Gasteiger partial charge in [-0.25, -0.2) is 4.39 Å². The first kappa shape index (κ1) is 17.5. The lowest BCUT2D eigenvalue weighted by atomic mass is 10.2. The highest BCUT2D eigenvalue weighted by atomic mass is 19.1. The van der Waals surface area contributed by atoms with E-state index in [9.17, 15) is 4.39 Å². The highest BCUT2D eigenvalue weighted by Gasteiger charge is 2.10.